The van der Waals surface area contributed by atoms with Crippen LogP contribution in [0.3, 0.4) is 0 Å². The smallest absolute Gasteiger partial charge is 0.257 e. The summed E-state index contributed by atoms with van der Waals surface area (Å²) in [7, 11) is 0. The van der Waals surface area contributed by atoms with Gasteiger partial charge < -0.3 is 10.1 Å². The normalized spacial score (nSPS) is 15.0. The molecule has 0 unspecified atom stereocenters. The highest BCUT2D eigenvalue weighted by Gasteiger charge is 2.44. The Bertz CT molecular complexity index is 662. The summed E-state index contributed by atoms with van der Waals surface area (Å²) < 4.78 is 5.67. The second kappa shape index (κ2) is 6.86. The molecule has 0 spiro atoms. The number of hydrogen-bond donors (Lipinski definition) is 1. The van der Waals surface area contributed by atoms with Crippen molar-refractivity contribution in [3.8, 4) is 5.75 Å². The number of nitrogens with one attached hydrogen (secondary N) is 1. The highest BCUT2D eigenvalue weighted by molar-refractivity contribution is 5.77. The molecule has 0 saturated heterocycles. The van der Waals surface area contributed by atoms with Gasteiger partial charge in [0, 0.05) is 12.0 Å². The minimum Gasteiger partial charge on any atom is -0.483 e. The van der Waals surface area contributed by atoms with Crippen LogP contribution >= 0.6 is 0 Å². The van der Waals surface area contributed by atoms with Gasteiger partial charge in [-0.05, 0) is 36.5 Å². The molecule has 0 aliphatic heterocycles. The lowest BCUT2D eigenvalue weighted by molar-refractivity contribution is -0.123. The number of amides is 1. The molecule has 0 bridgehead atoms. The second-order valence-electron chi connectivity index (χ2n) is 6.17. The molecule has 1 aliphatic rings. The summed E-state index contributed by atoms with van der Waals surface area (Å²) in [6, 6.07) is 18.3. The molecule has 120 valence electrons. The van der Waals surface area contributed by atoms with E-state index in [1.165, 1.54) is 5.56 Å². The van der Waals surface area contributed by atoms with Crippen molar-refractivity contribution in [2.45, 2.75) is 31.6 Å². The van der Waals surface area contributed by atoms with Crippen molar-refractivity contribution in [2.75, 3.05) is 13.2 Å². The van der Waals surface area contributed by atoms with Gasteiger partial charge in [0.1, 0.15) is 5.75 Å². The molecule has 0 aromatic heterocycles. The summed E-state index contributed by atoms with van der Waals surface area (Å²) in [5.41, 5.74) is 2.58. The topological polar surface area (TPSA) is 38.3 Å². The summed E-state index contributed by atoms with van der Waals surface area (Å²) >= 11 is 0. The van der Waals surface area contributed by atoms with Gasteiger partial charge in [0.05, 0.1) is 0 Å². The van der Waals surface area contributed by atoms with Crippen molar-refractivity contribution in [3.63, 3.8) is 0 Å². The Labute approximate surface area is 137 Å². The first-order valence-electron chi connectivity index (χ1n) is 8.26. The van der Waals surface area contributed by atoms with E-state index in [0.29, 0.717) is 6.54 Å². The van der Waals surface area contributed by atoms with Gasteiger partial charge >= 0.3 is 0 Å². The number of aryl methyl sites for hydroxylation is 1. The lowest BCUT2D eigenvalue weighted by Gasteiger charge is -2.17. The molecule has 1 saturated carbocycles. The Morgan fingerprint density at radius 3 is 2.48 bits per heavy atom. The molecule has 1 fully saturated rings. The first-order valence-corrected chi connectivity index (χ1v) is 8.26. The largest absolute Gasteiger partial charge is 0.483 e. The van der Waals surface area contributed by atoms with Crippen LogP contribution in [0.25, 0.3) is 0 Å². The fourth-order valence-electron chi connectivity index (χ4n) is 2.91. The second-order valence-corrected chi connectivity index (χ2v) is 6.17. The van der Waals surface area contributed by atoms with E-state index in [1.807, 2.05) is 30.3 Å². The van der Waals surface area contributed by atoms with Gasteiger partial charge in [0.15, 0.2) is 6.61 Å². The van der Waals surface area contributed by atoms with Crippen LogP contribution in [-0.2, 0) is 16.6 Å². The quantitative estimate of drug-likeness (QED) is 0.850. The first kappa shape index (κ1) is 15.6. The first-order chi connectivity index (χ1) is 11.2. The van der Waals surface area contributed by atoms with Gasteiger partial charge in [0.2, 0.25) is 0 Å². The lowest BCUT2D eigenvalue weighted by Crippen LogP contribution is -2.35. The van der Waals surface area contributed by atoms with Crippen LogP contribution < -0.4 is 10.1 Å². The molecule has 0 atom stereocenters. The molecular weight excluding hydrogens is 286 g/mol. The van der Waals surface area contributed by atoms with E-state index in [0.717, 1.165) is 30.6 Å². The summed E-state index contributed by atoms with van der Waals surface area (Å²) in [6.45, 7) is 2.84. The minimum atomic E-state index is -0.0573. The molecular formula is C20H23NO2. The summed E-state index contributed by atoms with van der Waals surface area (Å²) in [6.07, 6.45) is 3.17. The Kier molecular flexibility index (Phi) is 4.65. The SMILES string of the molecule is CCc1ccccc1OCC(=O)NCC1(c2ccccc2)CC1. The van der Waals surface area contributed by atoms with E-state index >= 15 is 0 Å². The minimum absolute atomic E-state index is 0.0573. The van der Waals surface area contributed by atoms with Gasteiger partial charge in [-0.1, -0.05) is 55.5 Å². The van der Waals surface area contributed by atoms with Crippen LogP contribution in [0, 0.1) is 0 Å². The standard InChI is InChI=1S/C20H23NO2/c1-2-16-8-6-7-11-18(16)23-14-19(22)21-15-20(12-13-20)17-9-4-3-5-10-17/h3-11H,2,12-15H2,1H3,(H,21,22). The molecule has 3 heteroatoms. The third-order valence-electron chi connectivity index (χ3n) is 4.58. The Morgan fingerprint density at radius 2 is 1.78 bits per heavy atom. The van der Waals surface area contributed by atoms with E-state index in [-0.39, 0.29) is 17.9 Å². The number of para-hydroxylation sites is 1. The van der Waals surface area contributed by atoms with Crippen molar-refractivity contribution >= 4 is 5.91 Å². The number of hydrogen-bond acceptors (Lipinski definition) is 2. The summed E-state index contributed by atoms with van der Waals surface area (Å²) in [5.74, 6) is 0.743. The molecule has 0 radical (unpaired) electrons. The molecule has 2 aromatic rings. The fourth-order valence-corrected chi connectivity index (χ4v) is 2.91. The molecule has 23 heavy (non-hydrogen) atoms. The van der Waals surface area contributed by atoms with Crippen molar-refractivity contribution in [2.24, 2.45) is 0 Å². The number of benzene rings is 2. The average molecular weight is 309 g/mol. The predicted molar refractivity (Wildman–Crippen MR) is 91.7 cm³/mol. The summed E-state index contributed by atoms with van der Waals surface area (Å²) in [5, 5.41) is 3.03. The van der Waals surface area contributed by atoms with Crippen LogP contribution in [0.5, 0.6) is 5.75 Å². The van der Waals surface area contributed by atoms with Gasteiger partial charge in [-0.25, -0.2) is 0 Å². The fraction of sp³-hybridized carbons (Fsp3) is 0.350. The maximum atomic E-state index is 12.1. The molecule has 3 rings (SSSR count). The zero-order valence-corrected chi connectivity index (χ0v) is 13.5. The molecule has 1 amide bonds. The predicted octanol–water partition coefficient (Wildman–Crippen LogP) is 3.48. The Hall–Kier alpha value is -2.29. The Morgan fingerprint density at radius 1 is 1.09 bits per heavy atom. The zero-order chi connectivity index (χ0) is 16.1. The van der Waals surface area contributed by atoms with Crippen LogP contribution in [0.4, 0.5) is 0 Å². The van der Waals surface area contributed by atoms with Crippen molar-refractivity contribution in [1.82, 2.24) is 5.32 Å². The van der Waals surface area contributed by atoms with Gasteiger partial charge in [-0.15, -0.1) is 0 Å². The van der Waals surface area contributed by atoms with Crippen LogP contribution in [0.15, 0.2) is 54.6 Å². The molecule has 2 aromatic carbocycles. The van der Waals surface area contributed by atoms with Crippen molar-refractivity contribution in [1.29, 1.82) is 0 Å². The van der Waals surface area contributed by atoms with Gasteiger partial charge in [-0.2, -0.15) is 0 Å². The van der Waals surface area contributed by atoms with Gasteiger partial charge in [0.25, 0.3) is 5.91 Å². The van der Waals surface area contributed by atoms with Crippen LogP contribution in [0.2, 0.25) is 0 Å². The van der Waals surface area contributed by atoms with Crippen molar-refractivity contribution < 1.29 is 9.53 Å². The lowest BCUT2D eigenvalue weighted by atomic mass is 9.96. The monoisotopic (exact) mass is 309 g/mol. The third kappa shape index (κ3) is 3.73. The maximum Gasteiger partial charge on any atom is 0.257 e. The molecule has 0 heterocycles. The van der Waals surface area contributed by atoms with Crippen LogP contribution in [-0.4, -0.2) is 19.1 Å². The van der Waals surface area contributed by atoms with Crippen molar-refractivity contribution in [3.05, 3.63) is 65.7 Å². The van der Waals surface area contributed by atoms with Crippen LogP contribution in [0.1, 0.15) is 30.9 Å². The zero-order valence-electron chi connectivity index (χ0n) is 13.5. The van der Waals surface area contributed by atoms with E-state index in [2.05, 4.69) is 36.5 Å². The maximum absolute atomic E-state index is 12.1. The molecule has 1 aliphatic carbocycles. The molecule has 1 N–H and O–H groups in total. The van der Waals surface area contributed by atoms with Gasteiger partial charge in [-0.3, -0.25) is 4.79 Å². The number of rotatable bonds is 7. The number of carbonyl (C=O) groups excluding carboxylic acids is 1. The number of ether oxygens (including phenoxy) is 1. The third-order valence-corrected chi connectivity index (χ3v) is 4.58. The summed E-state index contributed by atoms with van der Waals surface area (Å²) in [4.78, 5) is 12.1. The van der Waals surface area contributed by atoms with E-state index in [1.54, 1.807) is 0 Å². The number of carbonyl (C=O) groups is 1. The highest BCUT2D eigenvalue weighted by atomic mass is 16.5. The van der Waals surface area contributed by atoms with E-state index in [4.69, 9.17) is 4.74 Å². The molecule has 3 nitrogen and oxygen atoms in total. The Balaban J connectivity index is 1.51. The van der Waals surface area contributed by atoms with E-state index in [9.17, 15) is 4.79 Å². The van der Waals surface area contributed by atoms with E-state index < -0.39 is 0 Å². The average Bonchev–Trinajstić information content (AvgIpc) is 3.40. The highest BCUT2D eigenvalue weighted by Crippen LogP contribution is 2.47.